The Morgan fingerprint density at radius 3 is 2.61 bits per heavy atom. The van der Waals surface area contributed by atoms with Gasteiger partial charge in [-0.05, 0) is 35.4 Å². The zero-order valence-electron chi connectivity index (χ0n) is 12.5. The summed E-state index contributed by atoms with van der Waals surface area (Å²) in [6, 6.07) is 16.0. The Labute approximate surface area is 132 Å². The van der Waals surface area contributed by atoms with Crippen molar-refractivity contribution >= 4 is 11.0 Å². The fraction of sp³-hybridized carbons (Fsp3) is 0.118. The van der Waals surface area contributed by atoms with Gasteiger partial charge in [-0.25, -0.2) is 4.98 Å². The fourth-order valence-corrected chi connectivity index (χ4v) is 2.90. The molecule has 6 heteroatoms. The number of aryl methyl sites for hydroxylation is 1. The summed E-state index contributed by atoms with van der Waals surface area (Å²) in [7, 11) is 0. The Hall–Kier alpha value is -3.15. The molecule has 0 bridgehead atoms. The summed E-state index contributed by atoms with van der Waals surface area (Å²) in [5.74, 6) is 0.926. The van der Waals surface area contributed by atoms with Gasteiger partial charge >= 0.3 is 0 Å². The molecule has 0 aliphatic rings. The number of nitrogens with zero attached hydrogens (tertiary/aromatic N) is 5. The third-order valence-corrected chi connectivity index (χ3v) is 4.02. The first-order valence-electron chi connectivity index (χ1n) is 7.33. The van der Waals surface area contributed by atoms with E-state index in [4.69, 9.17) is 0 Å². The fourth-order valence-electron chi connectivity index (χ4n) is 2.90. The van der Waals surface area contributed by atoms with Crippen LogP contribution in [0.4, 0.5) is 0 Å². The van der Waals surface area contributed by atoms with Crippen LogP contribution in [0.5, 0.6) is 0 Å². The van der Waals surface area contributed by atoms with Crippen LogP contribution in [0.2, 0.25) is 0 Å². The van der Waals surface area contributed by atoms with E-state index in [1.165, 1.54) is 0 Å². The minimum absolute atomic E-state index is 0.0296. The van der Waals surface area contributed by atoms with Crippen molar-refractivity contribution in [3.63, 3.8) is 0 Å². The van der Waals surface area contributed by atoms with Gasteiger partial charge in [0, 0.05) is 12.4 Å². The normalized spacial score (nSPS) is 12.6. The zero-order chi connectivity index (χ0) is 15.8. The number of aromatic nitrogens is 5. The molecule has 0 aliphatic heterocycles. The number of hydrogen-bond donors (Lipinski definition) is 1. The Kier molecular flexibility index (Phi) is 3.08. The van der Waals surface area contributed by atoms with Crippen molar-refractivity contribution in [3.8, 4) is 0 Å². The number of hydrogen-bond acceptors (Lipinski definition) is 4. The van der Waals surface area contributed by atoms with E-state index in [1.54, 1.807) is 6.20 Å². The number of benzene rings is 2. The van der Waals surface area contributed by atoms with E-state index < -0.39 is 0 Å². The SMILES string of the molecule is Cc1nccn1C(c1ccccc1)c1ccc2nnn(O)c2c1. The van der Waals surface area contributed by atoms with Gasteiger partial charge < -0.3 is 9.77 Å². The molecule has 4 aromatic rings. The molecule has 2 aromatic heterocycles. The molecule has 0 spiro atoms. The number of rotatable bonds is 3. The van der Waals surface area contributed by atoms with Crippen molar-refractivity contribution in [2.75, 3.05) is 0 Å². The molecular weight excluding hydrogens is 290 g/mol. The predicted octanol–water partition coefficient (Wildman–Crippen LogP) is 2.81. The Morgan fingerprint density at radius 2 is 1.87 bits per heavy atom. The zero-order valence-corrected chi connectivity index (χ0v) is 12.5. The van der Waals surface area contributed by atoms with E-state index in [1.807, 2.05) is 49.5 Å². The Bertz CT molecular complexity index is 957. The van der Waals surface area contributed by atoms with Crippen molar-refractivity contribution in [2.45, 2.75) is 13.0 Å². The van der Waals surface area contributed by atoms with E-state index >= 15 is 0 Å². The molecule has 0 aliphatic carbocycles. The summed E-state index contributed by atoms with van der Waals surface area (Å²) in [4.78, 5) is 5.15. The van der Waals surface area contributed by atoms with Crippen molar-refractivity contribution in [2.24, 2.45) is 0 Å². The molecule has 4 rings (SSSR count). The number of fused-ring (bicyclic) bond motifs is 1. The molecule has 114 valence electrons. The molecule has 1 atom stereocenters. The van der Waals surface area contributed by atoms with Crippen LogP contribution in [0.1, 0.15) is 23.0 Å². The molecule has 6 nitrogen and oxygen atoms in total. The lowest BCUT2D eigenvalue weighted by Crippen LogP contribution is -2.13. The molecule has 0 saturated carbocycles. The third-order valence-electron chi connectivity index (χ3n) is 4.02. The minimum atomic E-state index is -0.0296. The van der Waals surface area contributed by atoms with Crippen LogP contribution in [0, 0.1) is 6.92 Å². The van der Waals surface area contributed by atoms with Gasteiger partial charge in [0.1, 0.15) is 16.9 Å². The van der Waals surface area contributed by atoms with Gasteiger partial charge in [0.15, 0.2) is 0 Å². The van der Waals surface area contributed by atoms with Gasteiger partial charge in [0.2, 0.25) is 0 Å². The van der Waals surface area contributed by atoms with E-state index in [2.05, 4.69) is 32.0 Å². The highest BCUT2D eigenvalue weighted by Gasteiger charge is 2.19. The van der Waals surface area contributed by atoms with E-state index in [-0.39, 0.29) is 6.04 Å². The van der Waals surface area contributed by atoms with Crippen LogP contribution in [0.25, 0.3) is 11.0 Å². The molecule has 0 amide bonds. The topological polar surface area (TPSA) is 68.8 Å². The molecule has 0 saturated heterocycles. The van der Waals surface area contributed by atoms with Gasteiger partial charge in [-0.3, -0.25) is 0 Å². The maximum Gasteiger partial charge on any atom is 0.131 e. The highest BCUT2D eigenvalue weighted by molar-refractivity contribution is 5.75. The van der Waals surface area contributed by atoms with Crippen LogP contribution < -0.4 is 0 Å². The van der Waals surface area contributed by atoms with Gasteiger partial charge in [-0.15, -0.1) is 5.10 Å². The molecule has 0 radical (unpaired) electrons. The number of imidazole rings is 1. The molecule has 1 N–H and O–H groups in total. The van der Waals surface area contributed by atoms with Gasteiger partial charge in [-0.1, -0.05) is 41.2 Å². The second-order valence-corrected chi connectivity index (χ2v) is 5.42. The smallest absolute Gasteiger partial charge is 0.131 e. The lowest BCUT2D eigenvalue weighted by Gasteiger charge is -2.21. The lowest BCUT2D eigenvalue weighted by molar-refractivity contribution is 0.154. The summed E-state index contributed by atoms with van der Waals surface area (Å²) >= 11 is 0. The standard InChI is InChI=1S/C17H15N5O/c1-12-18-9-10-21(12)17(13-5-3-2-4-6-13)14-7-8-15-16(11-14)22(23)20-19-15/h2-11,17,23H,1H3. The highest BCUT2D eigenvalue weighted by atomic mass is 16.5. The molecule has 2 heterocycles. The monoisotopic (exact) mass is 305 g/mol. The molecular formula is C17H15N5O. The largest absolute Gasteiger partial charge is 0.410 e. The maximum atomic E-state index is 9.80. The minimum Gasteiger partial charge on any atom is -0.410 e. The molecule has 0 fully saturated rings. The second kappa shape index (κ2) is 5.24. The van der Waals surface area contributed by atoms with Crippen LogP contribution in [0.3, 0.4) is 0 Å². The Balaban J connectivity index is 1.93. The van der Waals surface area contributed by atoms with Gasteiger partial charge in [0.05, 0.1) is 6.04 Å². The van der Waals surface area contributed by atoms with Crippen LogP contribution in [0.15, 0.2) is 60.9 Å². The first-order chi connectivity index (χ1) is 11.2. The average molecular weight is 305 g/mol. The maximum absolute atomic E-state index is 9.80. The predicted molar refractivity (Wildman–Crippen MR) is 85.4 cm³/mol. The second-order valence-electron chi connectivity index (χ2n) is 5.42. The summed E-state index contributed by atoms with van der Waals surface area (Å²) in [5.41, 5.74) is 3.42. The van der Waals surface area contributed by atoms with Crippen molar-refractivity contribution in [3.05, 3.63) is 77.9 Å². The van der Waals surface area contributed by atoms with Gasteiger partial charge in [0.25, 0.3) is 0 Å². The first-order valence-corrected chi connectivity index (χ1v) is 7.33. The molecule has 2 aromatic carbocycles. The van der Waals surface area contributed by atoms with Crippen molar-refractivity contribution < 1.29 is 5.21 Å². The van der Waals surface area contributed by atoms with Crippen LogP contribution in [-0.2, 0) is 0 Å². The molecule has 1 unspecified atom stereocenters. The quantitative estimate of drug-likeness (QED) is 0.591. The summed E-state index contributed by atoms with van der Waals surface area (Å²) in [6.07, 6.45) is 3.76. The van der Waals surface area contributed by atoms with Crippen molar-refractivity contribution in [1.29, 1.82) is 0 Å². The summed E-state index contributed by atoms with van der Waals surface area (Å²) in [5, 5.41) is 17.4. The average Bonchev–Trinajstić information content (AvgIpc) is 3.16. The highest BCUT2D eigenvalue weighted by Crippen LogP contribution is 2.29. The lowest BCUT2D eigenvalue weighted by atomic mass is 9.98. The third kappa shape index (κ3) is 2.24. The van der Waals surface area contributed by atoms with E-state index in [0.717, 1.165) is 21.8 Å². The van der Waals surface area contributed by atoms with Crippen molar-refractivity contribution in [1.82, 2.24) is 24.7 Å². The van der Waals surface area contributed by atoms with Crippen LogP contribution in [-0.4, -0.2) is 29.9 Å². The van der Waals surface area contributed by atoms with Gasteiger partial charge in [-0.2, -0.15) is 0 Å². The molecule has 23 heavy (non-hydrogen) atoms. The first kappa shape index (κ1) is 13.5. The van der Waals surface area contributed by atoms with E-state index in [0.29, 0.717) is 11.0 Å². The van der Waals surface area contributed by atoms with Crippen LogP contribution >= 0.6 is 0 Å². The summed E-state index contributed by atoms with van der Waals surface area (Å²) in [6.45, 7) is 1.98. The summed E-state index contributed by atoms with van der Waals surface area (Å²) < 4.78 is 2.11. The van der Waals surface area contributed by atoms with E-state index in [9.17, 15) is 5.21 Å². The Morgan fingerprint density at radius 1 is 1.04 bits per heavy atom.